The fourth-order valence-corrected chi connectivity index (χ4v) is 2.96. The van der Waals surface area contributed by atoms with Crippen LogP contribution in [0.3, 0.4) is 0 Å². The molecule has 5 heteroatoms. The Morgan fingerprint density at radius 3 is 2.62 bits per heavy atom. The number of nitrogens with zero attached hydrogens (tertiary/aromatic N) is 2. The van der Waals surface area contributed by atoms with Gasteiger partial charge < -0.3 is 10.0 Å². The van der Waals surface area contributed by atoms with Gasteiger partial charge in [-0.2, -0.15) is 0 Å². The van der Waals surface area contributed by atoms with E-state index in [0.29, 0.717) is 6.54 Å². The monoisotopic (exact) mass is 240 g/mol. The number of aryl methyl sites for hydroxylation is 2. The lowest BCUT2D eigenvalue weighted by Crippen LogP contribution is -2.22. The zero-order valence-electron chi connectivity index (χ0n) is 9.73. The lowest BCUT2D eigenvalue weighted by molar-refractivity contribution is -0.142. The van der Waals surface area contributed by atoms with E-state index in [2.05, 4.69) is 9.88 Å². The minimum atomic E-state index is -0.694. The first-order chi connectivity index (χ1) is 7.49. The summed E-state index contributed by atoms with van der Waals surface area (Å²) in [7, 11) is 0. The third-order valence-electron chi connectivity index (χ3n) is 3.22. The van der Waals surface area contributed by atoms with Crippen molar-refractivity contribution in [1.29, 1.82) is 0 Å². The highest BCUT2D eigenvalue weighted by Gasteiger charge is 2.35. The smallest absolute Gasteiger partial charge is 0.308 e. The van der Waals surface area contributed by atoms with Gasteiger partial charge in [0, 0.05) is 18.0 Å². The Kier molecular flexibility index (Phi) is 2.88. The topological polar surface area (TPSA) is 53.4 Å². The van der Waals surface area contributed by atoms with Crippen molar-refractivity contribution in [2.75, 3.05) is 18.0 Å². The Labute approximate surface area is 98.9 Å². The molecular weight excluding hydrogens is 224 g/mol. The Hall–Kier alpha value is -1.10. The van der Waals surface area contributed by atoms with Crippen LogP contribution in [0, 0.1) is 25.7 Å². The van der Waals surface area contributed by atoms with Crippen LogP contribution in [0.25, 0.3) is 0 Å². The molecule has 88 valence electrons. The molecule has 4 nitrogen and oxygen atoms in total. The van der Waals surface area contributed by atoms with Crippen LogP contribution in [0.5, 0.6) is 0 Å². The molecule has 1 fully saturated rings. The molecule has 0 saturated carbocycles. The standard InChI is InChI=1S/C11H16N2O2S/c1-6-4-13(5-9(6)10(14)15)11-12-7(2)8(3)16-11/h6,9H,4-5H2,1-3H3,(H,14,15). The summed E-state index contributed by atoms with van der Waals surface area (Å²) in [5, 5.41) is 10.0. The van der Waals surface area contributed by atoms with Gasteiger partial charge >= 0.3 is 5.97 Å². The molecule has 1 N–H and O–H groups in total. The number of thiazole rings is 1. The molecule has 1 aromatic heterocycles. The molecule has 1 aromatic rings. The van der Waals surface area contributed by atoms with Crippen LogP contribution in [0.2, 0.25) is 0 Å². The molecule has 0 aromatic carbocycles. The summed E-state index contributed by atoms with van der Waals surface area (Å²) >= 11 is 1.65. The van der Waals surface area contributed by atoms with Crippen molar-refractivity contribution in [2.45, 2.75) is 20.8 Å². The average Bonchev–Trinajstić information content (AvgIpc) is 2.71. The normalized spacial score (nSPS) is 25.1. The lowest BCUT2D eigenvalue weighted by Gasteiger charge is -2.13. The maximum Gasteiger partial charge on any atom is 0.308 e. The van der Waals surface area contributed by atoms with Gasteiger partial charge in [0.05, 0.1) is 11.6 Å². The van der Waals surface area contributed by atoms with Gasteiger partial charge in [-0.05, 0) is 19.8 Å². The number of hydrogen-bond donors (Lipinski definition) is 1. The average molecular weight is 240 g/mol. The first kappa shape index (κ1) is 11.4. The van der Waals surface area contributed by atoms with Gasteiger partial charge in [0.25, 0.3) is 0 Å². The maximum atomic E-state index is 11.0. The van der Waals surface area contributed by atoms with Crippen molar-refractivity contribution in [3.63, 3.8) is 0 Å². The fourth-order valence-electron chi connectivity index (χ4n) is 2.04. The first-order valence-electron chi connectivity index (χ1n) is 5.41. The first-order valence-corrected chi connectivity index (χ1v) is 6.22. The molecule has 2 atom stereocenters. The number of carboxylic acids is 1. The maximum absolute atomic E-state index is 11.0. The van der Waals surface area contributed by atoms with Gasteiger partial charge in [0.15, 0.2) is 5.13 Å². The minimum absolute atomic E-state index is 0.196. The molecule has 16 heavy (non-hydrogen) atoms. The summed E-state index contributed by atoms with van der Waals surface area (Å²) in [6.45, 7) is 7.41. The molecule has 0 aliphatic carbocycles. The second-order valence-corrected chi connectivity index (χ2v) is 5.65. The molecule has 2 heterocycles. The number of carboxylic acid groups (broad SMARTS) is 1. The van der Waals surface area contributed by atoms with Gasteiger partial charge in [-0.1, -0.05) is 6.92 Å². The second kappa shape index (κ2) is 4.05. The third-order valence-corrected chi connectivity index (χ3v) is 4.35. The number of hydrogen-bond acceptors (Lipinski definition) is 4. The van der Waals surface area contributed by atoms with Gasteiger partial charge in [0.1, 0.15) is 0 Å². The molecule has 0 radical (unpaired) electrons. The number of aliphatic carboxylic acids is 1. The summed E-state index contributed by atoms with van der Waals surface area (Å²) in [5.41, 5.74) is 1.05. The van der Waals surface area contributed by atoms with Gasteiger partial charge in [-0.25, -0.2) is 4.98 Å². The molecule has 2 unspecified atom stereocenters. The van der Waals surface area contributed by atoms with Gasteiger partial charge in [0.2, 0.25) is 0 Å². The third kappa shape index (κ3) is 1.91. The van der Waals surface area contributed by atoms with Crippen LogP contribution in [0.4, 0.5) is 5.13 Å². The van der Waals surface area contributed by atoms with E-state index in [9.17, 15) is 4.79 Å². The van der Waals surface area contributed by atoms with Crippen LogP contribution in [0.1, 0.15) is 17.5 Å². The molecule has 1 aliphatic rings. The van der Waals surface area contributed by atoms with E-state index in [1.165, 1.54) is 4.88 Å². The zero-order chi connectivity index (χ0) is 11.9. The number of aromatic nitrogens is 1. The summed E-state index contributed by atoms with van der Waals surface area (Å²) in [4.78, 5) is 18.8. The summed E-state index contributed by atoms with van der Waals surface area (Å²) in [5.74, 6) is -0.758. The Morgan fingerprint density at radius 1 is 1.50 bits per heavy atom. The van der Waals surface area contributed by atoms with E-state index in [-0.39, 0.29) is 11.8 Å². The van der Waals surface area contributed by atoms with Crippen molar-refractivity contribution >= 4 is 22.4 Å². The lowest BCUT2D eigenvalue weighted by atomic mass is 9.99. The fraction of sp³-hybridized carbons (Fsp3) is 0.636. The summed E-state index contributed by atoms with van der Waals surface area (Å²) < 4.78 is 0. The summed E-state index contributed by atoms with van der Waals surface area (Å²) in [6, 6.07) is 0. The van der Waals surface area contributed by atoms with Crippen LogP contribution in [-0.4, -0.2) is 29.1 Å². The van der Waals surface area contributed by atoms with E-state index in [1.54, 1.807) is 11.3 Å². The van der Waals surface area contributed by atoms with E-state index < -0.39 is 5.97 Å². The van der Waals surface area contributed by atoms with Crippen molar-refractivity contribution in [3.8, 4) is 0 Å². The van der Waals surface area contributed by atoms with E-state index in [4.69, 9.17) is 5.11 Å². The Morgan fingerprint density at radius 2 is 2.19 bits per heavy atom. The quantitative estimate of drug-likeness (QED) is 0.858. The van der Waals surface area contributed by atoms with Crippen LogP contribution in [-0.2, 0) is 4.79 Å². The van der Waals surface area contributed by atoms with E-state index in [1.807, 2.05) is 20.8 Å². The largest absolute Gasteiger partial charge is 0.481 e. The van der Waals surface area contributed by atoms with Crippen molar-refractivity contribution in [2.24, 2.45) is 11.8 Å². The molecule has 0 amide bonds. The Bertz CT molecular complexity index is 397. The number of carbonyl (C=O) groups is 1. The molecule has 0 spiro atoms. The van der Waals surface area contributed by atoms with Crippen molar-refractivity contribution in [3.05, 3.63) is 10.6 Å². The Balaban J connectivity index is 2.16. The minimum Gasteiger partial charge on any atom is -0.481 e. The van der Waals surface area contributed by atoms with E-state index in [0.717, 1.165) is 17.4 Å². The highest BCUT2D eigenvalue weighted by molar-refractivity contribution is 7.15. The molecule has 2 rings (SSSR count). The predicted octanol–water partition coefficient (Wildman–Crippen LogP) is 1.92. The van der Waals surface area contributed by atoms with E-state index >= 15 is 0 Å². The molecular formula is C11H16N2O2S. The van der Waals surface area contributed by atoms with Crippen LogP contribution < -0.4 is 4.90 Å². The van der Waals surface area contributed by atoms with Crippen molar-refractivity contribution < 1.29 is 9.90 Å². The number of anilines is 1. The molecule has 0 bridgehead atoms. The van der Waals surface area contributed by atoms with Crippen LogP contribution >= 0.6 is 11.3 Å². The van der Waals surface area contributed by atoms with Gasteiger partial charge in [-0.3, -0.25) is 4.79 Å². The second-order valence-electron chi connectivity index (χ2n) is 4.47. The SMILES string of the molecule is Cc1nc(N2CC(C)C(C(=O)O)C2)sc1C. The highest BCUT2D eigenvalue weighted by atomic mass is 32.1. The van der Waals surface area contributed by atoms with Crippen molar-refractivity contribution in [1.82, 2.24) is 4.98 Å². The molecule has 1 aliphatic heterocycles. The summed E-state index contributed by atoms with van der Waals surface area (Å²) in [6.07, 6.45) is 0. The zero-order valence-corrected chi connectivity index (χ0v) is 10.5. The van der Waals surface area contributed by atoms with Gasteiger partial charge in [-0.15, -0.1) is 11.3 Å². The van der Waals surface area contributed by atoms with Crippen LogP contribution in [0.15, 0.2) is 0 Å². The molecule has 1 saturated heterocycles. The highest BCUT2D eigenvalue weighted by Crippen LogP contribution is 2.32. The predicted molar refractivity (Wildman–Crippen MR) is 64.1 cm³/mol. The number of rotatable bonds is 2.